The zero-order chi connectivity index (χ0) is 29.4. The Balaban J connectivity index is 1.35. The molecule has 3 aliphatic rings. The van der Waals surface area contributed by atoms with Gasteiger partial charge in [0.2, 0.25) is 5.91 Å². The van der Waals surface area contributed by atoms with Crippen LogP contribution in [0.4, 0.5) is 24.5 Å². The molecule has 2 amide bonds. The summed E-state index contributed by atoms with van der Waals surface area (Å²) in [4.78, 5) is 34.1. The molecule has 2 N–H and O–H groups in total. The van der Waals surface area contributed by atoms with Crippen LogP contribution in [0.15, 0.2) is 53.4 Å². The second kappa shape index (κ2) is 11.7. The Morgan fingerprint density at radius 3 is 2.40 bits per heavy atom. The highest BCUT2D eigenvalue weighted by Gasteiger charge is 2.50. The Kier molecular flexibility index (Phi) is 8.00. The number of likely N-dealkylation sites (tertiary alicyclic amines) is 1. The minimum Gasteiger partial charge on any atom is -0.382 e. The summed E-state index contributed by atoms with van der Waals surface area (Å²) < 4.78 is 40.9. The van der Waals surface area contributed by atoms with Gasteiger partial charge in [-0.25, -0.2) is 4.98 Å². The minimum absolute atomic E-state index is 0.0271. The number of halogens is 3. The van der Waals surface area contributed by atoms with Crippen molar-refractivity contribution in [2.75, 3.05) is 10.6 Å². The van der Waals surface area contributed by atoms with Gasteiger partial charge in [-0.1, -0.05) is 37.5 Å². The molecular weight excluding hydrogens is 561 g/mol. The lowest BCUT2D eigenvalue weighted by atomic mass is 9.76. The molecule has 0 bridgehead atoms. The van der Waals surface area contributed by atoms with Gasteiger partial charge in [-0.3, -0.25) is 9.59 Å². The van der Waals surface area contributed by atoms with Crippen LogP contribution < -0.4 is 10.6 Å². The van der Waals surface area contributed by atoms with Crippen molar-refractivity contribution < 1.29 is 22.8 Å². The topological polar surface area (TPSA) is 74.3 Å². The van der Waals surface area contributed by atoms with Crippen LogP contribution in [0.3, 0.4) is 0 Å². The second-order valence-electron chi connectivity index (χ2n) is 11.9. The number of anilines is 2. The van der Waals surface area contributed by atoms with E-state index in [9.17, 15) is 22.8 Å². The molecular formula is C32H35F3N4O2S. The molecule has 0 radical (unpaired) electrons. The summed E-state index contributed by atoms with van der Waals surface area (Å²) >= 11 is 1.35. The number of fused-ring (bicyclic) bond motifs is 1. The zero-order valence-corrected chi connectivity index (χ0v) is 24.3. The fourth-order valence-corrected chi connectivity index (χ4v) is 7.73. The van der Waals surface area contributed by atoms with E-state index < -0.39 is 23.7 Å². The normalized spacial score (nSPS) is 24.4. The van der Waals surface area contributed by atoms with Crippen molar-refractivity contribution in [3.63, 3.8) is 0 Å². The maximum absolute atomic E-state index is 14.0. The third-order valence-electron chi connectivity index (χ3n) is 9.23. The predicted molar refractivity (Wildman–Crippen MR) is 157 cm³/mol. The van der Waals surface area contributed by atoms with Crippen LogP contribution in [-0.4, -0.2) is 33.8 Å². The van der Waals surface area contributed by atoms with Gasteiger partial charge in [0, 0.05) is 28.8 Å². The highest BCUT2D eigenvalue weighted by atomic mass is 32.1. The van der Waals surface area contributed by atoms with E-state index >= 15 is 0 Å². The molecule has 222 valence electrons. The van der Waals surface area contributed by atoms with Crippen LogP contribution in [0.5, 0.6) is 0 Å². The molecule has 4 atom stereocenters. The number of hydrogen-bond acceptors (Lipinski definition) is 5. The molecule has 10 heteroatoms. The number of alkyl halides is 3. The van der Waals surface area contributed by atoms with E-state index in [0.717, 1.165) is 49.4 Å². The molecule has 2 heterocycles. The maximum Gasteiger partial charge on any atom is 0.416 e. The average molecular weight is 597 g/mol. The molecule has 6 rings (SSSR count). The van der Waals surface area contributed by atoms with Gasteiger partial charge >= 0.3 is 6.18 Å². The molecule has 4 unspecified atom stereocenters. The Morgan fingerprint density at radius 2 is 1.71 bits per heavy atom. The highest BCUT2D eigenvalue weighted by Crippen LogP contribution is 2.49. The van der Waals surface area contributed by atoms with E-state index in [1.54, 1.807) is 10.9 Å². The van der Waals surface area contributed by atoms with Gasteiger partial charge in [0.25, 0.3) is 5.91 Å². The summed E-state index contributed by atoms with van der Waals surface area (Å²) in [5.74, 6) is -1.10. The van der Waals surface area contributed by atoms with E-state index in [1.165, 1.54) is 43.2 Å². The monoisotopic (exact) mass is 596 g/mol. The SMILES string of the molecule is Cc1ccc(NC(=O)C2CC3CCCC3N(C(=O)c3cscn3)C2c2ccc(NC3CCCC3)cc2)cc1C(F)(F)F. The summed E-state index contributed by atoms with van der Waals surface area (Å²) in [5.41, 5.74) is 3.22. The van der Waals surface area contributed by atoms with Crippen molar-refractivity contribution in [3.05, 3.63) is 75.7 Å². The highest BCUT2D eigenvalue weighted by molar-refractivity contribution is 7.07. The van der Waals surface area contributed by atoms with E-state index in [-0.39, 0.29) is 35.0 Å². The molecule has 1 saturated heterocycles. The molecule has 3 aromatic rings. The number of thiazole rings is 1. The van der Waals surface area contributed by atoms with Gasteiger partial charge < -0.3 is 15.5 Å². The smallest absolute Gasteiger partial charge is 0.382 e. The Morgan fingerprint density at radius 1 is 0.976 bits per heavy atom. The first-order valence-corrected chi connectivity index (χ1v) is 15.7. The predicted octanol–water partition coefficient (Wildman–Crippen LogP) is 7.84. The fourth-order valence-electron chi connectivity index (χ4n) is 7.21. The number of nitrogens with one attached hydrogen (secondary N) is 2. The van der Waals surface area contributed by atoms with Crippen LogP contribution in [-0.2, 0) is 11.0 Å². The molecule has 0 spiro atoms. The van der Waals surface area contributed by atoms with Crippen LogP contribution >= 0.6 is 11.3 Å². The third-order valence-corrected chi connectivity index (χ3v) is 9.81. The zero-order valence-electron chi connectivity index (χ0n) is 23.5. The first-order valence-electron chi connectivity index (χ1n) is 14.7. The Hall–Kier alpha value is -3.40. The summed E-state index contributed by atoms with van der Waals surface area (Å²) in [6.07, 6.45) is 3.44. The van der Waals surface area contributed by atoms with Gasteiger partial charge in [0.15, 0.2) is 0 Å². The number of amides is 2. The number of aryl methyl sites for hydroxylation is 1. The quantitative estimate of drug-likeness (QED) is 0.304. The number of aromatic nitrogens is 1. The lowest BCUT2D eigenvalue weighted by Crippen LogP contribution is -2.54. The number of rotatable bonds is 6. The van der Waals surface area contributed by atoms with E-state index in [2.05, 4.69) is 15.6 Å². The van der Waals surface area contributed by atoms with Crippen molar-refractivity contribution in [3.8, 4) is 0 Å². The number of benzene rings is 2. The number of piperidine rings is 1. The van der Waals surface area contributed by atoms with E-state index in [4.69, 9.17) is 0 Å². The second-order valence-corrected chi connectivity index (χ2v) is 12.6. The Bertz CT molecular complexity index is 1420. The van der Waals surface area contributed by atoms with Crippen LogP contribution in [0.2, 0.25) is 0 Å². The molecule has 1 aromatic heterocycles. The molecule has 2 saturated carbocycles. The van der Waals surface area contributed by atoms with Crippen LogP contribution in [0, 0.1) is 18.8 Å². The van der Waals surface area contributed by atoms with Crippen molar-refractivity contribution in [2.24, 2.45) is 11.8 Å². The average Bonchev–Trinajstić information content (AvgIpc) is 3.76. The molecule has 2 aromatic carbocycles. The summed E-state index contributed by atoms with van der Waals surface area (Å²) in [7, 11) is 0. The van der Waals surface area contributed by atoms with Gasteiger partial charge in [-0.15, -0.1) is 11.3 Å². The lowest BCUT2D eigenvalue weighted by molar-refractivity contribution is -0.138. The molecule has 1 aliphatic heterocycles. The summed E-state index contributed by atoms with van der Waals surface area (Å²) in [5, 5.41) is 8.10. The molecule has 2 aliphatic carbocycles. The third kappa shape index (κ3) is 5.78. The molecule has 42 heavy (non-hydrogen) atoms. The lowest BCUT2D eigenvalue weighted by Gasteiger charge is -2.47. The van der Waals surface area contributed by atoms with Crippen LogP contribution in [0.1, 0.15) is 84.6 Å². The van der Waals surface area contributed by atoms with Gasteiger partial charge in [0.05, 0.1) is 23.0 Å². The first kappa shape index (κ1) is 28.7. The largest absolute Gasteiger partial charge is 0.416 e. The van der Waals surface area contributed by atoms with E-state index in [1.807, 2.05) is 29.2 Å². The molecule has 3 fully saturated rings. The van der Waals surface area contributed by atoms with Gasteiger partial charge in [0.1, 0.15) is 5.69 Å². The number of nitrogens with zero attached hydrogens (tertiary/aromatic N) is 2. The fraction of sp³-hybridized carbons (Fsp3) is 0.469. The van der Waals surface area contributed by atoms with Crippen LogP contribution in [0.25, 0.3) is 0 Å². The van der Waals surface area contributed by atoms with Crippen molar-refractivity contribution in [1.29, 1.82) is 0 Å². The maximum atomic E-state index is 14.0. The molecule has 6 nitrogen and oxygen atoms in total. The number of hydrogen-bond donors (Lipinski definition) is 2. The summed E-state index contributed by atoms with van der Waals surface area (Å²) in [6.45, 7) is 1.40. The van der Waals surface area contributed by atoms with Gasteiger partial charge in [-0.2, -0.15) is 13.2 Å². The number of carbonyl (C=O) groups excluding carboxylic acids is 2. The Labute approximate surface area is 247 Å². The van der Waals surface area contributed by atoms with Crippen molar-refractivity contribution in [2.45, 2.75) is 82.6 Å². The first-order chi connectivity index (χ1) is 20.2. The number of carbonyl (C=O) groups is 2. The van der Waals surface area contributed by atoms with Crippen molar-refractivity contribution >= 4 is 34.5 Å². The standard InChI is InChI=1S/C32H35F3N4O2S/c1-19-9-12-24(16-26(19)32(33,34)35)38-30(40)25-15-21-5-4-8-28(21)39(31(41)27-17-42-18-36-27)29(25)20-10-13-23(14-11-20)37-22-6-2-3-7-22/h9-14,16-18,21-22,25,28-29,37H,2-8,15H2,1H3,(H,38,40). The van der Waals surface area contributed by atoms with E-state index in [0.29, 0.717) is 18.2 Å². The van der Waals surface area contributed by atoms with Crippen molar-refractivity contribution in [1.82, 2.24) is 9.88 Å². The minimum atomic E-state index is -4.53. The summed E-state index contributed by atoms with van der Waals surface area (Å²) in [6, 6.07) is 11.7. The van der Waals surface area contributed by atoms with Gasteiger partial charge in [-0.05, 0) is 80.3 Å².